The van der Waals surface area contributed by atoms with E-state index in [-0.39, 0.29) is 11.1 Å². The molecule has 0 aliphatic carbocycles. The topological polar surface area (TPSA) is 68.3 Å². The van der Waals surface area contributed by atoms with Crippen molar-refractivity contribution in [3.05, 3.63) is 46.3 Å². The average Bonchev–Trinajstić information content (AvgIpc) is 2.99. The van der Waals surface area contributed by atoms with E-state index in [0.717, 1.165) is 16.3 Å². The van der Waals surface area contributed by atoms with Crippen LogP contribution in [0.15, 0.2) is 45.6 Å². The largest absolute Gasteiger partial charge is 0.378 e. The van der Waals surface area contributed by atoms with Crippen molar-refractivity contribution in [1.29, 1.82) is 0 Å². The van der Waals surface area contributed by atoms with Crippen LogP contribution >= 0.6 is 23.1 Å². The van der Waals surface area contributed by atoms with E-state index in [1.165, 1.54) is 11.8 Å². The second kappa shape index (κ2) is 4.99. The molecule has 1 aliphatic heterocycles. The molecule has 0 spiro atoms. The minimum absolute atomic E-state index is 0.287. The molecule has 0 radical (unpaired) electrons. The van der Waals surface area contributed by atoms with Crippen LogP contribution in [0.25, 0.3) is 16.6 Å². The van der Waals surface area contributed by atoms with Crippen molar-refractivity contribution < 1.29 is 4.79 Å². The summed E-state index contributed by atoms with van der Waals surface area (Å²) in [5.74, 6) is -0.295. The van der Waals surface area contributed by atoms with Crippen LogP contribution in [-0.4, -0.2) is 16.1 Å². The van der Waals surface area contributed by atoms with Gasteiger partial charge in [-0.15, -0.1) is 11.3 Å². The average molecular weight is 287 g/mol. The molecule has 4 nitrogen and oxygen atoms in total. The number of carbonyl (C=O) groups excluding carboxylic acids is 1. The molecule has 1 amide bonds. The normalized spacial score (nSPS) is 16.9. The lowest BCUT2D eigenvalue weighted by molar-refractivity contribution is -0.113. The zero-order chi connectivity index (χ0) is 13.2. The van der Waals surface area contributed by atoms with Crippen molar-refractivity contribution in [3.63, 3.8) is 0 Å². The number of thiazole rings is 1. The fourth-order valence-corrected chi connectivity index (χ4v) is 3.08. The molecule has 0 atom stereocenters. The third-order valence-corrected chi connectivity index (χ3v) is 4.18. The van der Waals surface area contributed by atoms with Crippen LogP contribution in [0.4, 0.5) is 0 Å². The molecule has 0 saturated carbocycles. The Kier molecular flexibility index (Phi) is 3.18. The molecule has 2 heterocycles. The van der Waals surface area contributed by atoms with Gasteiger partial charge in [-0.2, -0.15) is 4.99 Å². The molecular formula is C13H9N3OS2. The molecule has 2 aromatic rings. The van der Waals surface area contributed by atoms with Gasteiger partial charge in [0.15, 0.2) is 5.17 Å². The van der Waals surface area contributed by atoms with Gasteiger partial charge in [-0.3, -0.25) is 4.79 Å². The zero-order valence-electron chi connectivity index (χ0n) is 9.74. The molecule has 1 aliphatic rings. The Hall–Kier alpha value is -1.92. The number of nitrogens with zero attached hydrogens (tertiary/aromatic N) is 2. The van der Waals surface area contributed by atoms with Gasteiger partial charge >= 0.3 is 0 Å². The van der Waals surface area contributed by atoms with Gasteiger partial charge in [0, 0.05) is 10.9 Å². The second-order valence-electron chi connectivity index (χ2n) is 3.81. The Morgan fingerprint density at radius 3 is 2.68 bits per heavy atom. The number of nitrogens with two attached hydrogens (primary N) is 1. The van der Waals surface area contributed by atoms with Crippen molar-refractivity contribution in [2.75, 3.05) is 0 Å². The van der Waals surface area contributed by atoms with Crippen LogP contribution in [0.3, 0.4) is 0 Å². The lowest BCUT2D eigenvalue weighted by Gasteiger charge is -1.93. The first kappa shape index (κ1) is 12.1. The molecule has 6 heteroatoms. The minimum atomic E-state index is -0.295. The molecule has 1 aromatic heterocycles. The van der Waals surface area contributed by atoms with Crippen LogP contribution in [-0.2, 0) is 4.79 Å². The smallest absolute Gasteiger partial charge is 0.286 e. The number of amidine groups is 1. The predicted octanol–water partition coefficient (Wildman–Crippen LogP) is 2.74. The van der Waals surface area contributed by atoms with Gasteiger partial charge in [-0.25, -0.2) is 4.98 Å². The van der Waals surface area contributed by atoms with Gasteiger partial charge < -0.3 is 5.73 Å². The van der Waals surface area contributed by atoms with E-state index in [4.69, 9.17) is 5.73 Å². The summed E-state index contributed by atoms with van der Waals surface area (Å²) in [5.41, 5.74) is 7.32. The molecule has 0 bridgehead atoms. The Morgan fingerprint density at radius 1 is 1.21 bits per heavy atom. The number of aliphatic imine (C=N–C) groups is 1. The maximum Gasteiger partial charge on any atom is 0.286 e. The van der Waals surface area contributed by atoms with Gasteiger partial charge in [0.05, 0.1) is 10.6 Å². The maximum absolute atomic E-state index is 11.5. The van der Waals surface area contributed by atoms with Gasteiger partial charge in [0.25, 0.3) is 5.91 Å². The van der Waals surface area contributed by atoms with Crippen molar-refractivity contribution in [1.82, 2.24) is 4.98 Å². The molecule has 94 valence electrons. The standard InChI is InChI=1S/C13H9N3OS2/c14-13-16-11(17)10(19-13)6-9-7-18-12(15-9)8-4-2-1-3-5-8/h1-7H,(H2,14,16,17). The fourth-order valence-electron chi connectivity index (χ4n) is 1.63. The summed E-state index contributed by atoms with van der Waals surface area (Å²) in [6, 6.07) is 9.92. The zero-order valence-corrected chi connectivity index (χ0v) is 11.4. The van der Waals surface area contributed by atoms with Crippen molar-refractivity contribution in [2.45, 2.75) is 0 Å². The minimum Gasteiger partial charge on any atom is -0.378 e. The fraction of sp³-hybridized carbons (Fsp3) is 0. The Morgan fingerprint density at radius 2 is 2.00 bits per heavy atom. The van der Waals surface area contributed by atoms with Crippen LogP contribution in [0.5, 0.6) is 0 Å². The molecule has 0 saturated heterocycles. The molecule has 0 fully saturated rings. The predicted molar refractivity (Wildman–Crippen MR) is 79.7 cm³/mol. The molecular weight excluding hydrogens is 278 g/mol. The molecule has 1 aromatic carbocycles. The molecule has 2 N–H and O–H groups in total. The van der Waals surface area contributed by atoms with E-state index in [0.29, 0.717) is 4.91 Å². The van der Waals surface area contributed by atoms with Crippen LogP contribution in [0.1, 0.15) is 5.69 Å². The lowest BCUT2D eigenvalue weighted by Crippen LogP contribution is -2.01. The molecule has 3 rings (SSSR count). The van der Waals surface area contributed by atoms with Crippen molar-refractivity contribution in [2.24, 2.45) is 10.7 Å². The van der Waals surface area contributed by atoms with E-state index >= 15 is 0 Å². The summed E-state index contributed by atoms with van der Waals surface area (Å²) in [4.78, 5) is 20.1. The van der Waals surface area contributed by atoms with Gasteiger partial charge in [0.1, 0.15) is 5.01 Å². The summed E-state index contributed by atoms with van der Waals surface area (Å²) in [6.45, 7) is 0. The van der Waals surface area contributed by atoms with Gasteiger partial charge in [-0.1, -0.05) is 30.3 Å². The first-order chi connectivity index (χ1) is 9.22. The van der Waals surface area contributed by atoms with E-state index in [1.54, 1.807) is 17.4 Å². The monoisotopic (exact) mass is 287 g/mol. The van der Waals surface area contributed by atoms with Crippen LogP contribution < -0.4 is 5.73 Å². The third-order valence-electron chi connectivity index (χ3n) is 2.46. The van der Waals surface area contributed by atoms with E-state index in [9.17, 15) is 4.79 Å². The van der Waals surface area contributed by atoms with Gasteiger partial charge in [0.2, 0.25) is 0 Å². The Labute approximate surface area is 118 Å². The summed E-state index contributed by atoms with van der Waals surface area (Å²) < 4.78 is 0. The number of carbonyl (C=O) groups is 1. The summed E-state index contributed by atoms with van der Waals surface area (Å²) in [6.07, 6.45) is 1.72. The molecule has 19 heavy (non-hydrogen) atoms. The van der Waals surface area contributed by atoms with Crippen LogP contribution in [0.2, 0.25) is 0 Å². The first-order valence-corrected chi connectivity index (χ1v) is 7.21. The summed E-state index contributed by atoms with van der Waals surface area (Å²) in [5, 5.41) is 3.13. The van der Waals surface area contributed by atoms with E-state index in [1.807, 2.05) is 35.7 Å². The number of thioether (sulfide) groups is 1. The maximum atomic E-state index is 11.5. The number of hydrogen-bond acceptors (Lipinski definition) is 5. The van der Waals surface area contributed by atoms with Crippen LogP contribution in [0, 0.1) is 0 Å². The summed E-state index contributed by atoms with van der Waals surface area (Å²) in [7, 11) is 0. The Balaban J connectivity index is 1.87. The quantitative estimate of drug-likeness (QED) is 0.862. The lowest BCUT2D eigenvalue weighted by atomic mass is 10.2. The highest BCUT2D eigenvalue weighted by Gasteiger charge is 2.19. The number of aromatic nitrogens is 1. The van der Waals surface area contributed by atoms with Crippen molar-refractivity contribution in [3.8, 4) is 10.6 Å². The molecule has 0 unspecified atom stereocenters. The SMILES string of the molecule is NC1=NC(=O)C(=Cc2csc(-c3ccccc3)n2)S1. The van der Waals surface area contributed by atoms with E-state index < -0.39 is 0 Å². The first-order valence-electron chi connectivity index (χ1n) is 5.51. The number of rotatable bonds is 2. The highest BCUT2D eigenvalue weighted by molar-refractivity contribution is 8.18. The highest BCUT2D eigenvalue weighted by Crippen LogP contribution is 2.29. The number of hydrogen-bond donors (Lipinski definition) is 1. The second-order valence-corrected chi connectivity index (χ2v) is 5.73. The van der Waals surface area contributed by atoms with Crippen molar-refractivity contribution >= 4 is 40.2 Å². The van der Waals surface area contributed by atoms with Gasteiger partial charge in [-0.05, 0) is 17.8 Å². The summed E-state index contributed by atoms with van der Waals surface area (Å²) >= 11 is 2.72. The highest BCUT2D eigenvalue weighted by atomic mass is 32.2. The number of amides is 1. The Bertz CT molecular complexity index is 689. The van der Waals surface area contributed by atoms with E-state index in [2.05, 4.69) is 9.98 Å². The number of benzene rings is 1. The third kappa shape index (κ3) is 2.59.